The van der Waals surface area contributed by atoms with Crippen LogP contribution in [0.2, 0.25) is 0 Å². The monoisotopic (exact) mass is 580 g/mol. The number of ether oxygens (including phenoxy) is 3. The zero-order chi connectivity index (χ0) is 30.3. The molecular weight excluding hydrogens is 540 g/mol. The Morgan fingerprint density at radius 3 is 2.19 bits per heavy atom. The van der Waals surface area contributed by atoms with Gasteiger partial charge in [0.2, 0.25) is 17.6 Å². The summed E-state index contributed by atoms with van der Waals surface area (Å²) in [5, 5.41) is 26.0. The van der Waals surface area contributed by atoms with E-state index in [0.29, 0.717) is 5.57 Å². The molecule has 0 unspecified atom stereocenters. The fourth-order valence-corrected chi connectivity index (χ4v) is 5.10. The van der Waals surface area contributed by atoms with E-state index in [1.165, 1.54) is 0 Å². The summed E-state index contributed by atoms with van der Waals surface area (Å²) in [6.45, 7) is 5.02. The number of benzene rings is 2. The third kappa shape index (κ3) is 7.83. The second kappa shape index (κ2) is 13.6. The summed E-state index contributed by atoms with van der Waals surface area (Å²) in [5.41, 5.74) is 1.28. The largest absolute Gasteiger partial charge is 0.460 e. The highest BCUT2D eigenvalue weighted by Crippen LogP contribution is 2.46. The van der Waals surface area contributed by atoms with Crippen molar-refractivity contribution in [2.45, 2.75) is 82.2 Å². The molecule has 0 bridgehead atoms. The van der Waals surface area contributed by atoms with Gasteiger partial charge in [-0.25, -0.2) is 0 Å². The Labute approximate surface area is 246 Å². The number of carbonyl (C=O) groups excluding carboxylic acids is 3. The predicted molar refractivity (Wildman–Crippen MR) is 154 cm³/mol. The highest BCUT2D eigenvalue weighted by Gasteiger charge is 2.53. The van der Waals surface area contributed by atoms with Crippen LogP contribution in [-0.2, 0) is 34.4 Å². The molecule has 4 rings (SSSR count). The van der Waals surface area contributed by atoms with Crippen molar-refractivity contribution in [1.29, 1.82) is 0 Å². The summed E-state index contributed by atoms with van der Waals surface area (Å²) >= 11 is 0. The van der Waals surface area contributed by atoms with Gasteiger partial charge < -0.3 is 35.1 Å². The summed E-state index contributed by atoms with van der Waals surface area (Å²) in [7, 11) is 0. The van der Waals surface area contributed by atoms with Crippen molar-refractivity contribution in [3.8, 4) is 0 Å². The van der Waals surface area contributed by atoms with Crippen molar-refractivity contribution in [3.05, 3.63) is 83.4 Å². The van der Waals surface area contributed by atoms with Gasteiger partial charge in [-0.05, 0) is 33.3 Å². The molecule has 10 heteroatoms. The fourth-order valence-electron chi connectivity index (χ4n) is 5.10. The van der Waals surface area contributed by atoms with Crippen LogP contribution in [0.15, 0.2) is 72.3 Å². The van der Waals surface area contributed by atoms with Gasteiger partial charge in [0.25, 0.3) is 0 Å². The zero-order valence-electron chi connectivity index (χ0n) is 24.2. The van der Waals surface area contributed by atoms with Gasteiger partial charge in [0.1, 0.15) is 17.8 Å². The number of aliphatic hydroxyl groups excluding tert-OH is 2. The first kappa shape index (κ1) is 31.4. The molecule has 4 atom stereocenters. The van der Waals surface area contributed by atoms with E-state index in [0.717, 1.165) is 11.1 Å². The highest BCUT2D eigenvalue weighted by molar-refractivity contribution is 5.94. The Morgan fingerprint density at radius 1 is 1.00 bits per heavy atom. The van der Waals surface area contributed by atoms with Gasteiger partial charge in [-0.2, -0.15) is 0 Å². The predicted octanol–water partition coefficient (Wildman–Crippen LogP) is 2.47. The topological polar surface area (TPSA) is 143 Å². The van der Waals surface area contributed by atoms with E-state index in [2.05, 4.69) is 10.6 Å². The first-order valence-corrected chi connectivity index (χ1v) is 14.3. The van der Waals surface area contributed by atoms with E-state index in [1.54, 1.807) is 26.8 Å². The molecule has 1 heterocycles. The summed E-state index contributed by atoms with van der Waals surface area (Å²) in [4.78, 5) is 37.3. The minimum Gasteiger partial charge on any atom is -0.460 e. The smallest absolute Gasteiger partial charge is 0.306 e. The van der Waals surface area contributed by atoms with Crippen molar-refractivity contribution < 1.29 is 38.8 Å². The molecule has 2 aliphatic rings. The van der Waals surface area contributed by atoms with Crippen molar-refractivity contribution >= 4 is 17.8 Å². The van der Waals surface area contributed by atoms with Gasteiger partial charge in [-0.3, -0.25) is 14.4 Å². The molecule has 2 aromatic rings. The Balaban J connectivity index is 1.33. The molecule has 1 saturated heterocycles. The number of esters is 1. The minimum absolute atomic E-state index is 0.0265. The van der Waals surface area contributed by atoms with Crippen LogP contribution in [0.5, 0.6) is 0 Å². The molecule has 2 aromatic carbocycles. The van der Waals surface area contributed by atoms with Crippen molar-refractivity contribution in [3.63, 3.8) is 0 Å². The number of hydrogen-bond donors (Lipinski definition) is 4. The number of rotatable bonds is 11. The number of fused-ring (bicyclic) bond motifs is 1. The van der Waals surface area contributed by atoms with Gasteiger partial charge in [0, 0.05) is 42.5 Å². The molecule has 0 aromatic heterocycles. The maximum atomic E-state index is 13.0. The minimum atomic E-state index is -1.24. The molecule has 10 nitrogen and oxygen atoms in total. The van der Waals surface area contributed by atoms with E-state index in [4.69, 9.17) is 14.2 Å². The normalized spacial score (nSPS) is 21.9. The van der Waals surface area contributed by atoms with Crippen molar-refractivity contribution in [2.24, 2.45) is 0 Å². The molecule has 226 valence electrons. The lowest BCUT2D eigenvalue weighted by Gasteiger charge is -2.29. The quantitative estimate of drug-likeness (QED) is 0.297. The van der Waals surface area contributed by atoms with Crippen LogP contribution in [0, 0.1) is 0 Å². The third-order valence-electron chi connectivity index (χ3n) is 7.04. The van der Waals surface area contributed by atoms with Crippen LogP contribution in [0.3, 0.4) is 0 Å². The second-order valence-electron chi connectivity index (χ2n) is 11.6. The lowest BCUT2D eigenvalue weighted by molar-refractivity contribution is -0.156. The SMILES string of the molecule is CC(C)(C)OC(=O)CC[C@@H](CO)NC(=O)CCNC(=O)C1=C[C@H]2OC(c3ccccc3)(c3ccccc3)O[C@H]2[C@H](O)C1. The number of nitrogens with one attached hydrogen (secondary N) is 2. The molecule has 1 aliphatic heterocycles. The van der Waals surface area contributed by atoms with Crippen LogP contribution >= 0.6 is 0 Å². The van der Waals surface area contributed by atoms with Gasteiger partial charge >= 0.3 is 5.97 Å². The highest BCUT2D eigenvalue weighted by atomic mass is 16.8. The maximum absolute atomic E-state index is 13.0. The molecule has 1 fully saturated rings. The van der Waals surface area contributed by atoms with Gasteiger partial charge in [-0.1, -0.05) is 60.7 Å². The average molecular weight is 581 g/mol. The molecule has 0 radical (unpaired) electrons. The van der Waals surface area contributed by atoms with E-state index in [9.17, 15) is 24.6 Å². The van der Waals surface area contributed by atoms with E-state index in [-0.39, 0.29) is 44.7 Å². The first-order chi connectivity index (χ1) is 20.0. The summed E-state index contributed by atoms with van der Waals surface area (Å²) < 4.78 is 18.2. The van der Waals surface area contributed by atoms with Crippen molar-refractivity contribution in [2.75, 3.05) is 13.2 Å². The number of carbonyl (C=O) groups is 3. The third-order valence-corrected chi connectivity index (χ3v) is 7.04. The second-order valence-corrected chi connectivity index (χ2v) is 11.6. The number of hydrogen-bond acceptors (Lipinski definition) is 8. The molecular formula is C32H40N2O8. The summed E-state index contributed by atoms with van der Waals surface area (Å²) in [6.07, 6.45) is -0.322. The molecule has 2 amide bonds. The number of aliphatic hydroxyl groups is 2. The lowest BCUT2D eigenvalue weighted by atomic mass is 9.92. The van der Waals surface area contributed by atoms with E-state index >= 15 is 0 Å². The molecule has 0 spiro atoms. The van der Waals surface area contributed by atoms with E-state index < -0.39 is 47.6 Å². The first-order valence-electron chi connectivity index (χ1n) is 14.3. The van der Waals surface area contributed by atoms with Crippen molar-refractivity contribution in [1.82, 2.24) is 10.6 Å². The Kier molecular flexibility index (Phi) is 10.2. The van der Waals surface area contributed by atoms with Gasteiger partial charge in [0.05, 0.1) is 18.8 Å². The van der Waals surface area contributed by atoms with Crippen LogP contribution in [0.25, 0.3) is 0 Å². The van der Waals surface area contributed by atoms with Crippen LogP contribution in [0.4, 0.5) is 0 Å². The molecule has 1 aliphatic carbocycles. The molecule has 4 N–H and O–H groups in total. The number of amides is 2. The average Bonchev–Trinajstić information content (AvgIpc) is 3.37. The molecule has 42 heavy (non-hydrogen) atoms. The Hall–Kier alpha value is -3.57. The van der Waals surface area contributed by atoms with Gasteiger partial charge in [0.15, 0.2) is 0 Å². The lowest BCUT2D eigenvalue weighted by Crippen LogP contribution is -2.42. The summed E-state index contributed by atoms with van der Waals surface area (Å²) in [6, 6.07) is 18.3. The van der Waals surface area contributed by atoms with Gasteiger partial charge in [-0.15, -0.1) is 0 Å². The molecule has 0 saturated carbocycles. The van der Waals surface area contributed by atoms with Crippen LogP contribution in [-0.4, -0.2) is 71.1 Å². The Bertz CT molecular complexity index is 1220. The van der Waals surface area contributed by atoms with Crippen LogP contribution < -0.4 is 10.6 Å². The zero-order valence-corrected chi connectivity index (χ0v) is 24.2. The Morgan fingerprint density at radius 2 is 1.62 bits per heavy atom. The van der Waals surface area contributed by atoms with E-state index in [1.807, 2.05) is 60.7 Å². The standard InChI is InChI=1S/C32H40N2O8/c1-31(2,3)41-28(38)15-14-24(20-35)34-27(37)16-17-33-30(39)21-18-25(36)29-26(19-21)40-32(42-29,22-10-6-4-7-11-22)23-12-8-5-9-13-23/h4-13,19,24-26,29,35-36H,14-18,20H2,1-3H3,(H,33,39)(H,34,37)/t24-,25+,26+,29-/m0/s1. The van der Waals surface area contributed by atoms with Crippen LogP contribution in [0.1, 0.15) is 57.6 Å². The fraction of sp³-hybridized carbons (Fsp3) is 0.469. The summed E-state index contributed by atoms with van der Waals surface area (Å²) in [5.74, 6) is -2.44. The maximum Gasteiger partial charge on any atom is 0.306 e.